The second-order valence-corrected chi connectivity index (χ2v) is 4.99. The van der Waals surface area contributed by atoms with Gasteiger partial charge < -0.3 is 0 Å². The van der Waals surface area contributed by atoms with Crippen LogP contribution in [0.25, 0.3) is 12.2 Å². The molecule has 0 heterocycles. The number of hydrogen-bond acceptors (Lipinski definition) is 0. The van der Waals surface area contributed by atoms with Crippen LogP contribution in [-0.4, -0.2) is 0 Å². The molecule has 3 aromatic carbocycles. The third-order valence-electron chi connectivity index (χ3n) is 3.28. The van der Waals surface area contributed by atoms with E-state index in [0.29, 0.717) is 0 Å². The van der Waals surface area contributed by atoms with Gasteiger partial charge in [0.15, 0.2) is 0 Å². The maximum atomic E-state index is 3.22. The lowest BCUT2D eigenvalue weighted by molar-refractivity contribution is 1.60. The highest BCUT2D eigenvalue weighted by molar-refractivity contribution is 5.70. The second kappa shape index (κ2) is 7.11. The summed E-state index contributed by atoms with van der Waals surface area (Å²) in [6.07, 6.45) is 4.23. The van der Waals surface area contributed by atoms with E-state index in [4.69, 9.17) is 0 Å². The predicted molar refractivity (Wildman–Crippen MR) is 94.2 cm³/mol. The van der Waals surface area contributed by atoms with Crippen LogP contribution in [0.2, 0.25) is 0 Å². The van der Waals surface area contributed by atoms with E-state index < -0.39 is 0 Å². The van der Waals surface area contributed by atoms with Crippen LogP contribution in [0.5, 0.6) is 0 Å². The molecule has 0 saturated carbocycles. The lowest BCUT2D eigenvalue weighted by atomic mass is 10.1. The summed E-state index contributed by atoms with van der Waals surface area (Å²) < 4.78 is 0. The molecule has 0 spiro atoms. The van der Waals surface area contributed by atoms with E-state index in [1.807, 2.05) is 60.7 Å². The van der Waals surface area contributed by atoms with E-state index in [-0.39, 0.29) is 0 Å². The van der Waals surface area contributed by atoms with Gasteiger partial charge in [-0.15, -0.1) is 0 Å². The van der Waals surface area contributed by atoms with Crippen molar-refractivity contribution in [3.63, 3.8) is 0 Å². The predicted octanol–water partition coefficient (Wildman–Crippen LogP) is 5.26. The summed E-state index contributed by atoms with van der Waals surface area (Å²) in [5, 5.41) is 0. The normalized spacial score (nSPS) is 10.2. The van der Waals surface area contributed by atoms with Crippen LogP contribution in [-0.2, 0) is 0 Å². The van der Waals surface area contributed by atoms with Gasteiger partial charge >= 0.3 is 0 Å². The van der Waals surface area contributed by atoms with Gasteiger partial charge in [0.25, 0.3) is 0 Å². The summed E-state index contributed by atoms with van der Waals surface area (Å²) in [6, 6.07) is 28.6. The highest BCUT2D eigenvalue weighted by atomic mass is 14.0. The zero-order chi connectivity index (χ0) is 15.0. The molecule has 0 fully saturated rings. The number of hydrogen-bond donors (Lipinski definition) is 0. The molecule has 0 bridgehead atoms. The average molecular weight is 280 g/mol. The van der Waals surface area contributed by atoms with E-state index in [1.54, 1.807) is 0 Å². The quantitative estimate of drug-likeness (QED) is 0.444. The molecule has 0 atom stereocenters. The van der Waals surface area contributed by atoms with Gasteiger partial charge in [0.1, 0.15) is 0 Å². The van der Waals surface area contributed by atoms with E-state index in [2.05, 4.69) is 48.3 Å². The molecule has 0 nitrogen and oxygen atoms in total. The van der Waals surface area contributed by atoms with Crippen LogP contribution < -0.4 is 0 Å². The summed E-state index contributed by atoms with van der Waals surface area (Å²) in [6.45, 7) is 0. The van der Waals surface area contributed by atoms with Crippen LogP contribution in [0, 0.1) is 11.8 Å². The molecular formula is C22H16. The van der Waals surface area contributed by atoms with E-state index in [1.165, 1.54) is 5.56 Å². The number of benzene rings is 3. The highest BCUT2D eigenvalue weighted by Gasteiger charge is 1.91. The molecule has 0 aliphatic carbocycles. The molecule has 0 N–H and O–H groups in total. The fourth-order valence-electron chi connectivity index (χ4n) is 2.14. The van der Waals surface area contributed by atoms with Crippen molar-refractivity contribution in [2.45, 2.75) is 0 Å². The van der Waals surface area contributed by atoms with E-state index in [0.717, 1.165) is 16.7 Å². The van der Waals surface area contributed by atoms with Crippen LogP contribution >= 0.6 is 0 Å². The average Bonchev–Trinajstić information content (AvgIpc) is 2.60. The minimum atomic E-state index is 1.03. The SMILES string of the molecule is C(#Cc1cccc(C=Cc2ccccc2)c1)c1ccccc1. The Kier molecular flexibility index (Phi) is 4.50. The third kappa shape index (κ3) is 3.98. The first-order valence-electron chi connectivity index (χ1n) is 7.30. The zero-order valence-electron chi connectivity index (χ0n) is 12.2. The Hall–Kier alpha value is -3.04. The van der Waals surface area contributed by atoms with Gasteiger partial charge in [0.05, 0.1) is 0 Å². The summed E-state index contributed by atoms with van der Waals surface area (Å²) in [7, 11) is 0. The summed E-state index contributed by atoms with van der Waals surface area (Å²) in [4.78, 5) is 0. The first kappa shape index (κ1) is 13.9. The minimum absolute atomic E-state index is 1.03. The molecule has 0 amide bonds. The van der Waals surface area contributed by atoms with Crippen molar-refractivity contribution in [3.05, 3.63) is 107 Å². The molecule has 3 rings (SSSR count). The summed E-state index contributed by atoms with van der Waals surface area (Å²) in [5.74, 6) is 6.40. The van der Waals surface area contributed by atoms with Crippen molar-refractivity contribution < 1.29 is 0 Å². The fourth-order valence-corrected chi connectivity index (χ4v) is 2.14. The van der Waals surface area contributed by atoms with Gasteiger partial charge in [-0.1, -0.05) is 84.7 Å². The first-order chi connectivity index (χ1) is 10.9. The van der Waals surface area contributed by atoms with Gasteiger partial charge in [-0.25, -0.2) is 0 Å². The Morgan fingerprint density at radius 1 is 0.500 bits per heavy atom. The van der Waals surface area contributed by atoms with Crippen LogP contribution in [0.3, 0.4) is 0 Å². The molecular weight excluding hydrogens is 264 g/mol. The molecule has 3 aromatic rings. The van der Waals surface area contributed by atoms with Crippen molar-refractivity contribution >= 4 is 12.2 Å². The maximum absolute atomic E-state index is 3.22. The Balaban J connectivity index is 1.79. The molecule has 0 aromatic heterocycles. The van der Waals surface area contributed by atoms with Crippen LogP contribution in [0.15, 0.2) is 84.9 Å². The number of rotatable bonds is 2. The summed E-state index contributed by atoms with van der Waals surface area (Å²) in [5.41, 5.74) is 4.42. The van der Waals surface area contributed by atoms with Gasteiger partial charge in [-0.2, -0.15) is 0 Å². The van der Waals surface area contributed by atoms with Gasteiger partial charge in [0.2, 0.25) is 0 Å². The van der Waals surface area contributed by atoms with Crippen molar-refractivity contribution in [2.24, 2.45) is 0 Å². The van der Waals surface area contributed by atoms with E-state index >= 15 is 0 Å². The second-order valence-electron chi connectivity index (χ2n) is 4.99. The lowest BCUT2D eigenvalue weighted by Crippen LogP contribution is -1.78. The molecule has 0 aliphatic rings. The third-order valence-corrected chi connectivity index (χ3v) is 3.28. The van der Waals surface area contributed by atoms with Gasteiger partial charge in [-0.3, -0.25) is 0 Å². The summed E-state index contributed by atoms with van der Waals surface area (Å²) >= 11 is 0. The molecule has 0 radical (unpaired) electrons. The largest absolute Gasteiger partial charge is 0.0622 e. The van der Waals surface area contributed by atoms with Crippen LogP contribution in [0.4, 0.5) is 0 Å². The zero-order valence-corrected chi connectivity index (χ0v) is 12.2. The maximum Gasteiger partial charge on any atom is 0.0254 e. The van der Waals surface area contributed by atoms with Crippen molar-refractivity contribution in [2.75, 3.05) is 0 Å². The topological polar surface area (TPSA) is 0 Å². The van der Waals surface area contributed by atoms with E-state index in [9.17, 15) is 0 Å². The standard InChI is InChI=1S/C22H16/c1-3-8-19(9-4-1)14-16-21-12-7-13-22(18-21)17-15-20-10-5-2-6-11-20/h1-14,16,18H. The molecule has 0 heteroatoms. The Labute approximate surface area is 131 Å². The lowest BCUT2D eigenvalue weighted by Gasteiger charge is -1.96. The molecule has 104 valence electrons. The monoisotopic (exact) mass is 280 g/mol. The van der Waals surface area contributed by atoms with Gasteiger partial charge in [0, 0.05) is 11.1 Å². The first-order valence-corrected chi connectivity index (χ1v) is 7.30. The smallest absolute Gasteiger partial charge is 0.0254 e. The minimum Gasteiger partial charge on any atom is -0.0622 e. The van der Waals surface area contributed by atoms with Crippen molar-refractivity contribution in [3.8, 4) is 11.8 Å². The van der Waals surface area contributed by atoms with Crippen LogP contribution in [0.1, 0.15) is 22.3 Å². The fraction of sp³-hybridized carbons (Fsp3) is 0. The molecule has 22 heavy (non-hydrogen) atoms. The highest BCUT2D eigenvalue weighted by Crippen LogP contribution is 2.10. The molecule has 0 unspecified atom stereocenters. The van der Waals surface area contributed by atoms with Crippen molar-refractivity contribution in [1.82, 2.24) is 0 Å². The Bertz CT molecular complexity index is 816. The van der Waals surface area contributed by atoms with Crippen molar-refractivity contribution in [1.29, 1.82) is 0 Å². The Morgan fingerprint density at radius 2 is 1.05 bits per heavy atom. The molecule has 0 aliphatic heterocycles. The van der Waals surface area contributed by atoms with Gasteiger partial charge in [-0.05, 0) is 35.4 Å². The Morgan fingerprint density at radius 3 is 1.82 bits per heavy atom. The molecule has 0 saturated heterocycles.